The van der Waals surface area contributed by atoms with Gasteiger partial charge in [0, 0.05) is 0 Å². The van der Waals surface area contributed by atoms with Crippen molar-refractivity contribution in [2.75, 3.05) is 13.1 Å². The van der Waals surface area contributed by atoms with Gasteiger partial charge in [0.05, 0.1) is 6.54 Å². The lowest BCUT2D eigenvalue weighted by Gasteiger charge is -2.10. The molecular weight excluding hydrogens is 179 g/mol. The highest BCUT2D eigenvalue weighted by Crippen LogP contribution is 2.19. The first-order valence-corrected chi connectivity index (χ1v) is 4.52. The van der Waals surface area contributed by atoms with Gasteiger partial charge in [-0.3, -0.25) is 0 Å². The van der Waals surface area contributed by atoms with Gasteiger partial charge in [0.2, 0.25) is 0 Å². The fraction of sp³-hybridized carbons (Fsp3) is 0.778. The Kier molecular flexibility index (Phi) is 3.78. The lowest BCUT2D eigenvalue weighted by molar-refractivity contribution is -0.124. The van der Waals surface area contributed by atoms with E-state index in [0.29, 0.717) is 12.5 Å². The van der Waals surface area contributed by atoms with Crippen molar-refractivity contribution >= 4 is 0 Å². The minimum absolute atomic E-state index is 0.453. The van der Waals surface area contributed by atoms with Gasteiger partial charge >= 0.3 is 6.18 Å². The van der Waals surface area contributed by atoms with Crippen molar-refractivity contribution in [3.63, 3.8) is 0 Å². The number of hydrogen-bond donors (Lipinski definition) is 1. The Hall–Kier alpha value is -0.510. The first-order chi connectivity index (χ1) is 6.08. The summed E-state index contributed by atoms with van der Waals surface area (Å²) in [6, 6.07) is 0. The largest absolute Gasteiger partial charge is 0.401 e. The third-order valence-corrected chi connectivity index (χ3v) is 2.13. The number of alkyl halides is 3. The molecule has 0 saturated carbocycles. The molecule has 0 spiro atoms. The molecule has 1 atom stereocenters. The second kappa shape index (κ2) is 4.65. The predicted molar refractivity (Wildman–Crippen MR) is 45.4 cm³/mol. The fourth-order valence-corrected chi connectivity index (χ4v) is 1.45. The molecule has 0 aromatic carbocycles. The Morgan fingerprint density at radius 1 is 1.38 bits per heavy atom. The molecule has 1 rings (SSSR count). The molecule has 1 unspecified atom stereocenters. The van der Waals surface area contributed by atoms with Crippen molar-refractivity contribution in [2.45, 2.75) is 25.4 Å². The van der Waals surface area contributed by atoms with Crippen LogP contribution in [0.2, 0.25) is 0 Å². The average molecular weight is 193 g/mol. The predicted octanol–water partition coefficient (Wildman–Crippen LogP) is 2.49. The van der Waals surface area contributed by atoms with Crippen LogP contribution in [0.1, 0.15) is 19.3 Å². The normalized spacial score (nSPS) is 22.5. The van der Waals surface area contributed by atoms with Gasteiger partial charge in [-0.15, -0.1) is 0 Å². The minimum atomic E-state index is -4.08. The zero-order valence-electron chi connectivity index (χ0n) is 7.40. The van der Waals surface area contributed by atoms with Crippen molar-refractivity contribution in [3.05, 3.63) is 12.2 Å². The van der Waals surface area contributed by atoms with Crippen LogP contribution in [-0.2, 0) is 0 Å². The molecule has 4 heteroatoms. The van der Waals surface area contributed by atoms with Gasteiger partial charge in [-0.25, -0.2) is 0 Å². The molecule has 0 aromatic rings. The molecule has 76 valence electrons. The number of rotatable bonds is 4. The smallest absolute Gasteiger partial charge is 0.309 e. The molecule has 1 aliphatic rings. The average Bonchev–Trinajstić information content (AvgIpc) is 2.48. The van der Waals surface area contributed by atoms with Crippen LogP contribution in [0.4, 0.5) is 13.2 Å². The van der Waals surface area contributed by atoms with Crippen LogP contribution in [0, 0.1) is 5.92 Å². The van der Waals surface area contributed by atoms with Gasteiger partial charge < -0.3 is 5.32 Å². The van der Waals surface area contributed by atoms with Crippen molar-refractivity contribution in [1.82, 2.24) is 5.32 Å². The molecule has 13 heavy (non-hydrogen) atoms. The summed E-state index contributed by atoms with van der Waals surface area (Å²) in [5.74, 6) is 0.487. The molecule has 1 N–H and O–H groups in total. The molecule has 0 aliphatic heterocycles. The van der Waals surface area contributed by atoms with E-state index in [4.69, 9.17) is 0 Å². The van der Waals surface area contributed by atoms with Gasteiger partial charge in [-0.05, 0) is 31.7 Å². The number of halogens is 3. The van der Waals surface area contributed by atoms with E-state index in [1.807, 2.05) is 0 Å². The first kappa shape index (κ1) is 10.6. The van der Waals surface area contributed by atoms with Gasteiger partial charge in [0.1, 0.15) is 0 Å². The lowest BCUT2D eigenvalue weighted by atomic mass is 10.1. The van der Waals surface area contributed by atoms with E-state index < -0.39 is 12.7 Å². The third-order valence-electron chi connectivity index (χ3n) is 2.13. The summed E-state index contributed by atoms with van der Waals surface area (Å²) in [4.78, 5) is 0. The fourth-order valence-electron chi connectivity index (χ4n) is 1.45. The zero-order valence-corrected chi connectivity index (χ0v) is 7.40. The number of hydrogen-bond acceptors (Lipinski definition) is 1. The maximum absolute atomic E-state index is 11.7. The lowest BCUT2D eigenvalue weighted by Crippen LogP contribution is -2.30. The molecule has 0 amide bonds. The molecule has 0 radical (unpaired) electrons. The maximum atomic E-state index is 11.7. The van der Waals surface area contributed by atoms with Crippen LogP contribution in [0.25, 0.3) is 0 Å². The van der Waals surface area contributed by atoms with E-state index in [1.54, 1.807) is 0 Å². The minimum Gasteiger partial charge on any atom is -0.309 e. The molecule has 1 nitrogen and oxygen atoms in total. The Balaban J connectivity index is 1.98. The van der Waals surface area contributed by atoms with Crippen molar-refractivity contribution in [3.8, 4) is 0 Å². The van der Waals surface area contributed by atoms with Gasteiger partial charge in [-0.1, -0.05) is 12.2 Å². The van der Waals surface area contributed by atoms with Crippen molar-refractivity contribution < 1.29 is 13.2 Å². The number of nitrogens with one attached hydrogen (secondary N) is 1. The SMILES string of the molecule is FC(F)(F)CNCCC1C=CCC1. The quantitative estimate of drug-likeness (QED) is 0.534. The molecule has 0 heterocycles. The van der Waals surface area contributed by atoms with Crippen molar-refractivity contribution in [1.29, 1.82) is 0 Å². The van der Waals surface area contributed by atoms with Gasteiger partial charge in [0.15, 0.2) is 0 Å². The Morgan fingerprint density at radius 2 is 2.15 bits per heavy atom. The summed E-state index contributed by atoms with van der Waals surface area (Å²) in [6.45, 7) is -0.419. The summed E-state index contributed by atoms with van der Waals surface area (Å²) in [5, 5.41) is 2.39. The second-order valence-electron chi connectivity index (χ2n) is 3.35. The molecular formula is C9H14F3N. The van der Waals surface area contributed by atoms with E-state index >= 15 is 0 Å². The summed E-state index contributed by atoms with van der Waals surface area (Å²) in [5.41, 5.74) is 0. The monoisotopic (exact) mass is 193 g/mol. The van der Waals surface area contributed by atoms with Gasteiger partial charge in [-0.2, -0.15) is 13.2 Å². The van der Waals surface area contributed by atoms with Crippen LogP contribution in [-0.4, -0.2) is 19.3 Å². The van der Waals surface area contributed by atoms with Crippen LogP contribution < -0.4 is 5.32 Å². The van der Waals surface area contributed by atoms with Gasteiger partial charge in [0.25, 0.3) is 0 Å². The highest BCUT2D eigenvalue weighted by Gasteiger charge is 2.26. The first-order valence-electron chi connectivity index (χ1n) is 4.52. The van der Waals surface area contributed by atoms with E-state index in [9.17, 15) is 13.2 Å². The van der Waals surface area contributed by atoms with Crippen LogP contribution in [0.15, 0.2) is 12.2 Å². The summed E-state index contributed by atoms with van der Waals surface area (Å²) >= 11 is 0. The number of allylic oxidation sites excluding steroid dienone is 2. The molecule has 0 fully saturated rings. The topological polar surface area (TPSA) is 12.0 Å². The van der Waals surface area contributed by atoms with E-state index in [0.717, 1.165) is 19.3 Å². The van der Waals surface area contributed by atoms with Crippen LogP contribution >= 0.6 is 0 Å². The van der Waals surface area contributed by atoms with E-state index in [1.165, 1.54) is 0 Å². The third kappa shape index (κ3) is 4.93. The van der Waals surface area contributed by atoms with E-state index in [2.05, 4.69) is 17.5 Å². The van der Waals surface area contributed by atoms with Crippen molar-refractivity contribution in [2.24, 2.45) is 5.92 Å². The second-order valence-corrected chi connectivity index (χ2v) is 3.35. The molecule has 0 bridgehead atoms. The Morgan fingerprint density at radius 3 is 2.69 bits per heavy atom. The highest BCUT2D eigenvalue weighted by molar-refractivity contribution is 4.96. The summed E-state index contributed by atoms with van der Waals surface area (Å²) < 4.78 is 35.0. The summed E-state index contributed by atoms with van der Waals surface area (Å²) in [6.07, 6.45) is 3.08. The Labute approximate surface area is 76.0 Å². The maximum Gasteiger partial charge on any atom is 0.401 e. The zero-order chi connectivity index (χ0) is 9.73. The summed E-state index contributed by atoms with van der Waals surface area (Å²) in [7, 11) is 0. The standard InChI is InChI=1S/C9H14F3N/c10-9(11,12)7-13-6-5-8-3-1-2-4-8/h1,3,8,13H,2,4-7H2. The Bertz CT molecular complexity index is 174. The highest BCUT2D eigenvalue weighted by atomic mass is 19.4. The molecule has 0 aromatic heterocycles. The van der Waals surface area contributed by atoms with Crippen LogP contribution in [0.3, 0.4) is 0 Å². The van der Waals surface area contributed by atoms with E-state index in [-0.39, 0.29) is 0 Å². The molecule has 0 saturated heterocycles. The van der Waals surface area contributed by atoms with Crippen LogP contribution in [0.5, 0.6) is 0 Å². The molecule has 1 aliphatic carbocycles.